The number of aliphatic hydroxyl groups excluding tert-OH is 1. The summed E-state index contributed by atoms with van der Waals surface area (Å²) in [6, 6.07) is 0. The van der Waals surface area contributed by atoms with Crippen LogP contribution in [0.4, 0.5) is 0 Å². The number of rotatable bonds is 68. The van der Waals surface area contributed by atoms with Crippen molar-refractivity contribution in [2.24, 2.45) is 23.7 Å². The summed E-state index contributed by atoms with van der Waals surface area (Å²) in [5, 5.41) is 10.6. The molecule has 0 aromatic heterocycles. The Kier molecular flexibility index (Phi) is 59.4. The molecule has 5 atom stereocenters. The van der Waals surface area contributed by atoms with E-state index in [-0.39, 0.29) is 25.7 Å². The quantitative estimate of drug-likeness (QED) is 0.0222. The molecule has 0 spiro atoms. The smallest absolute Gasteiger partial charge is 0.462 e. The van der Waals surface area contributed by atoms with Gasteiger partial charge in [0.15, 0.2) is 12.2 Å². The molecular formula is C71H138O17P2. The number of phosphoric acid groups is 2. The van der Waals surface area contributed by atoms with E-state index in [9.17, 15) is 43.2 Å². The van der Waals surface area contributed by atoms with Gasteiger partial charge in [0.2, 0.25) is 0 Å². The summed E-state index contributed by atoms with van der Waals surface area (Å²) in [6.07, 6.45) is 43.1. The summed E-state index contributed by atoms with van der Waals surface area (Å²) < 4.78 is 68.3. The molecule has 3 unspecified atom stereocenters. The minimum absolute atomic E-state index is 0.105. The number of unbranched alkanes of at least 4 members (excludes halogenated alkanes) is 34. The van der Waals surface area contributed by atoms with Crippen LogP contribution in [0.1, 0.15) is 351 Å². The molecule has 0 aliphatic rings. The van der Waals surface area contributed by atoms with Gasteiger partial charge in [-0.05, 0) is 49.4 Å². The summed E-state index contributed by atoms with van der Waals surface area (Å²) in [7, 11) is -9.90. The van der Waals surface area contributed by atoms with E-state index in [2.05, 4.69) is 55.4 Å². The van der Waals surface area contributed by atoms with Crippen molar-refractivity contribution in [3.8, 4) is 0 Å². The molecule has 0 fully saturated rings. The predicted octanol–water partition coefficient (Wildman–Crippen LogP) is 20.1. The van der Waals surface area contributed by atoms with E-state index in [1.807, 2.05) is 0 Å². The fourth-order valence-electron chi connectivity index (χ4n) is 10.7. The van der Waals surface area contributed by atoms with Crippen LogP contribution in [0.2, 0.25) is 0 Å². The number of hydrogen-bond donors (Lipinski definition) is 3. The Balaban J connectivity index is 5.26. The zero-order chi connectivity index (χ0) is 66.8. The molecule has 0 amide bonds. The van der Waals surface area contributed by atoms with Crippen LogP contribution in [0.5, 0.6) is 0 Å². The Morgan fingerprint density at radius 2 is 0.467 bits per heavy atom. The fraction of sp³-hybridized carbons (Fsp3) is 0.944. The molecule has 0 rings (SSSR count). The second-order valence-corrected chi connectivity index (χ2v) is 30.4. The standard InChI is InChI=1S/C71H138O17P2/c1-61(2)47-39-31-23-16-11-9-10-12-19-28-37-45-53-70(75)87-66(57-81-68(73)51-43-35-27-21-15-18-25-33-41-49-63(5)6)59-85-89(77,78)83-55-65(72)56-84-90(79,80)86-60-67(58-82-69(74)52-44-36-30-22-26-34-42-50-64(7)8)88-71(76)54-46-38-29-20-14-13-17-24-32-40-48-62(3)4/h61-67,72H,9-60H2,1-8H3,(H,77,78)(H,79,80)/t65?,66-,67-/m1/s1. The first-order valence-corrected chi connectivity index (χ1v) is 39.7. The highest BCUT2D eigenvalue weighted by Gasteiger charge is 2.30. The molecular weight excluding hydrogens is 1190 g/mol. The van der Waals surface area contributed by atoms with E-state index in [4.69, 9.17) is 37.0 Å². The molecule has 0 heterocycles. The highest BCUT2D eigenvalue weighted by Crippen LogP contribution is 2.45. The van der Waals surface area contributed by atoms with Crippen LogP contribution in [-0.4, -0.2) is 96.7 Å². The van der Waals surface area contributed by atoms with Gasteiger partial charge < -0.3 is 33.8 Å². The van der Waals surface area contributed by atoms with Gasteiger partial charge in [-0.25, -0.2) is 9.13 Å². The topological polar surface area (TPSA) is 237 Å². The van der Waals surface area contributed by atoms with E-state index >= 15 is 0 Å². The zero-order valence-corrected chi connectivity index (χ0v) is 60.6. The Bertz CT molecular complexity index is 1780. The molecule has 0 radical (unpaired) electrons. The Morgan fingerprint density at radius 3 is 0.689 bits per heavy atom. The van der Waals surface area contributed by atoms with Gasteiger partial charge in [0.1, 0.15) is 19.3 Å². The monoisotopic (exact) mass is 1320 g/mol. The minimum Gasteiger partial charge on any atom is -0.462 e. The number of carbonyl (C=O) groups excluding carboxylic acids is 4. The van der Waals surface area contributed by atoms with Gasteiger partial charge in [-0.15, -0.1) is 0 Å². The Hall–Kier alpha value is -1.94. The lowest BCUT2D eigenvalue weighted by atomic mass is 10.0. The van der Waals surface area contributed by atoms with Crippen LogP contribution in [0.25, 0.3) is 0 Å². The fourth-order valence-corrected chi connectivity index (χ4v) is 12.2. The molecule has 0 aliphatic heterocycles. The molecule has 0 aromatic rings. The van der Waals surface area contributed by atoms with E-state index in [0.717, 1.165) is 114 Å². The average Bonchev–Trinajstić information content (AvgIpc) is 2.84. The summed E-state index contributed by atoms with van der Waals surface area (Å²) in [6.45, 7) is 14.1. The minimum atomic E-state index is -4.95. The van der Waals surface area contributed by atoms with Gasteiger partial charge in [-0.3, -0.25) is 37.3 Å². The molecule has 0 saturated heterocycles. The van der Waals surface area contributed by atoms with E-state index in [0.29, 0.717) is 31.6 Å². The molecule has 3 N–H and O–H groups in total. The van der Waals surface area contributed by atoms with Crippen molar-refractivity contribution in [3.05, 3.63) is 0 Å². The normalized spacial score (nSPS) is 14.3. The van der Waals surface area contributed by atoms with E-state index in [1.165, 1.54) is 148 Å². The molecule has 0 bridgehead atoms. The summed E-state index contributed by atoms with van der Waals surface area (Å²) >= 11 is 0. The van der Waals surface area contributed by atoms with Gasteiger partial charge in [-0.1, -0.05) is 299 Å². The van der Waals surface area contributed by atoms with Crippen LogP contribution < -0.4 is 0 Å². The lowest BCUT2D eigenvalue weighted by Gasteiger charge is -2.21. The van der Waals surface area contributed by atoms with Gasteiger partial charge in [0.25, 0.3) is 0 Å². The second kappa shape index (κ2) is 60.7. The average molecular weight is 1330 g/mol. The maximum atomic E-state index is 13.0. The van der Waals surface area contributed by atoms with Crippen molar-refractivity contribution in [1.82, 2.24) is 0 Å². The zero-order valence-electron chi connectivity index (χ0n) is 58.8. The Morgan fingerprint density at radius 1 is 0.278 bits per heavy atom. The van der Waals surface area contributed by atoms with E-state index < -0.39 is 97.5 Å². The third-order valence-electron chi connectivity index (χ3n) is 16.3. The lowest BCUT2D eigenvalue weighted by molar-refractivity contribution is -0.161. The maximum Gasteiger partial charge on any atom is 0.472 e. The van der Waals surface area contributed by atoms with Gasteiger partial charge in [-0.2, -0.15) is 0 Å². The SMILES string of the molecule is CC(C)CCCCCCCCCCCCCCC(=O)O[C@H](COC(=O)CCCCCCCCCCCC(C)C)COP(=O)(O)OCC(O)COP(=O)(O)OC[C@@H](COC(=O)CCCCCCCCCC(C)C)OC(=O)CCCCCCCCCCCCC(C)C. The van der Waals surface area contributed by atoms with Crippen LogP contribution in [-0.2, 0) is 65.4 Å². The third kappa shape index (κ3) is 64.8. The Labute approximate surface area is 549 Å². The van der Waals surface area contributed by atoms with Crippen molar-refractivity contribution in [3.63, 3.8) is 0 Å². The molecule has 534 valence electrons. The predicted molar refractivity (Wildman–Crippen MR) is 363 cm³/mol. The number of ether oxygens (including phenoxy) is 4. The lowest BCUT2D eigenvalue weighted by Crippen LogP contribution is -2.30. The highest BCUT2D eigenvalue weighted by molar-refractivity contribution is 7.47. The maximum absolute atomic E-state index is 13.0. The van der Waals surface area contributed by atoms with Crippen molar-refractivity contribution in [2.45, 2.75) is 369 Å². The van der Waals surface area contributed by atoms with Crippen molar-refractivity contribution < 1.29 is 80.2 Å². The number of phosphoric ester groups is 2. The van der Waals surface area contributed by atoms with Crippen LogP contribution >= 0.6 is 15.6 Å². The largest absolute Gasteiger partial charge is 0.472 e. The molecule has 0 aliphatic carbocycles. The number of carbonyl (C=O) groups is 4. The second-order valence-electron chi connectivity index (χ2n) is 27.5. The number of esters is 4. The molecule has 90 heavy (non-hydrogen) atoms. The highest BCUT2D eigenvalue weighted by atomic mass is 31.2. The third-order valence-corrected chi connectivity index (χ3v) is 18.2. The summed E-state index contributed by atoms with van der Waals surface area (Å²) in [4.78, 5) is 72.6. The van der Waals surface area contributed by atoms with Crippen LogP contribution in [0.15, 0.2) is 0 Å². The first-order valence-electron chi connectivity index (χ1n) is 36.7. The van der Waals surface area contributed by atoms with Gasteiger partial charge >= 0.3 is 39.5 Å². The first-order chi connectivity index (χ1) is 43.1. The van der Waals surface area contributed by atoms with E-state index in [1.54, 1.807) is 0 Å². The molecule has 17 nitrogen and oxygen atoms in total. The van der Waals surface area contributed by atoms with Crippen LogP contribution in [0.3, 0.4) is 0 Å². The first kappa shape index (κ1) is 88.1. The summed E-state index contributed by atoms with van der Waals surface area (Å²) in [5.74, 6) is 0.849. The van der Waals surface area contributed by atoms with Gasteiger partial charge in [0.05, 0.1) is 26.4 Å². The van der Waals surface area contributed by atoms with Crippen molar-refractivity contribution in [2.75, 3.05) is 39.6 Å². The molecule has 0 saturated carbocycles. The van der Waals surface area contributed by atoms with Crippen molar-refractivity contribution in [1.29, 1.82) is 0 Å². The summed E-state index contributed by atoms with van der Waals surface area (Å²) in [5.41, 5.74) is 0. The molecule has 0 aromatic carbocycles. The number of hydrogen-bond acceptors (Lipinski definition) is 15. The van der Waals surface area contributed by atoms with Crippen molar-refractivity contribution >= 4 is 39.5 Å². The van der Waals surface area contributed by atoms with Gasteiger partial charge in [0, 0.05) is 25.7 Å². The molecule has 19 heteroatoms. The number of aliphatic hydroxyl groups is 1. The van der Waals surface area contributed by atoms with Crippen LogP contribution in [0, 0.1) is 23.7 Å².